The smallest absolute Gasteiger partial charge is 0.352 e. The van der Waals surface area contributed by atoms with Crippen molar-refractivity contribution in [3.05, 3.63) is 130 Å². The molecule has 6 rings (SSSR count). The van der Waals surface area contributed by atoms with Gasteiger partial charge in [-0.15, -0.1) is 11.3 Å². The number of aromatic nitrogens is 1. The molecule has 2 aliphatic heterocycles. The number of nitrogens with one attached hydrogen (secondary N) is 2. The largest absolute Gasteiger partial charge is 0.614 e. The standard InChI is InChI=1S/C33H28IN5O6S2/c1-45-38-25(28(40)36-26-29(41)39-27(31(42)43)20(17-34)19-47(44)30(26)39)24-18-46-32(35-24)37-33(21-11-5-2-6-12-21,22-13-7-3-8-14-22)23-15-9-4-10-16-23/h2-16,18,26,30H,17,19H2,1H3,(H,35,37)(H,36,40)(H,42,43)/b38-25-/t26?,30-,47?/m1/s1. The van der Waals surface area contributed by atoms with Crippen LogP contribution < -0.4 is 10.6 Å². The molecule has 0 radical (unpaired) electrons. The number of carboxylic acids is 1. The van der Waals surface area contributed by atoms with Crippen molar-refractivity contribution in [1.29, 1.82) is 0 Å². The number of nitrogens with zero attached hydrogens (tertiary/aromatic N) is 3. The van der Waals surface area contributed by atoms with Crippen LogP contribution >= 0.6 is 33.9 Å². The predicted molar refractivity (Wildman–Crippen MR) is 188 cm³/mol. The third-order valence-corrected chi connectivity index (χ3v) is 11.2. The third kappa shape index (κ3) is 6.01. The molecule has 0 saturated carbocycles. The fourth-order valence-corrected chi connectivity index (χ4v) is 9.28. The van der Waals surface area contributed by atoms with E-state index in [4.69, 9.17) is 9.82 Å². The van der Waals surface area contributed by atoms with Gasteiger partial charge >= 0.3 is 5.97 Å². The first kappa shape index (κ1) is 32.7. The number of β-lactam (4-membered cyclic amide) rings is 1. The minimum Gasteiger partial charge on any atom is -0.614 e. The van der Waals surface area contributed by atoms with Crippen LogP contribution in [0.2, 0.25) is 0 Å². The molecule has 1 saturated heterocycles. The van der Waals surface area contributed by atoms with Gasteiger partial charge in [-0.3, -0.25) is 14.5 Å². The molecular weight excluding hydrogens is 753 g/mol. The summed E-state index contributed by atoms with van der Waals surface area (Å²) in [6.07, 6.45) is 0. The molecule has 14 heteroatoms. The van der Waals surface area contributed by atoms with Gasteiger partial charge in [0, 0.05) is 15.4 Å². The molecule has 1 fully saturated rings. The van der Waals surface area contributed by atoms with E-state index in [0.29, 0.717) is 15.1 Å². The summed E-state index contributed by atoms with van der Waals surface area (Å²) in [5.74, 6) is -2.72. The number of hydrogen-bond donors (Lipinski definition) is 3. The van der Waals surface area contributed by atoms with Gasteiger partial charge < -0.3 is 25.1 Å². The Labute approximate surface area is 291 Å². The number of halogens is 1. The normalized spacial score (nSPS) is 19.5. The highest BCUT2D eigenvalue weighted by atomic mass is 127. The molecule has 3 heterocycles. The fourth-order valence-electron chi connectivity index (χ4n) is 5.84. The number of carbonyl (C=O) groups excluding carboxylic acids is 2. The molecule has 2 amide bonds. The first-order chi connectivity index (χ1) is 22.8. The van der Waals surface area contributed by atoms with Crippen LogP contribution in [0.3, 0.4) is 0 Å². The lowest BCUT2D eigenvalue weighted by Crippen LogP contribution is -2.75. The van der Waals surface area contributed by atoms with E-state index >= 15 is 0 Å². The number of anilines is 1. The molecule has 3 aromatic carbocycles. The maximum absolute atomic E-state index is 13.6. The Morgan fingerprint density at radius 1 is 1.06 bits per heavy atom. The van der Waals surface area contributed by atoms with Gasteiger partial charge in [-0.05, 0) is 27.9 Å². The van der Waals surface area contributed by atoms with Gasteiger partial charge in [-0.1, -0.05) is 119 Å². The van der Waals surface area contributed by atoms with E-state index in [2.05, 4.69) is 15.8 Å². The second kappa shape index (κ2) is 13.9. The van der Waals surface area contributed by atoms with E-state index in [0.717, 1.165) is 21.6 Å². The molecule has 240 valence electrons. The number of fused-ring (bicyclic) bond motifs is 1. The van der Waals surface area contributed by atoms with Gasteiger partial charge in [0.15, 0.2) is 16.9 Å². The van der Waals surface area contributed by atoms with Crippen LogP contribution in [-0.4, -0.2) is 71.7 Å². The zero-order valence-electron chi connectivity index (χ0n) is 24.8. The first-order valence-corrected chi connectivity index (χ1v) is 18.1. The van der Waals surface area contributed by atoms with E-state index in [-0.39, 0.29) is 22.9 Å². The third-order valence-electron chi connectivity index (χ3n) is 7.91. The van der Waals surface area contributed by atoms with Crippen LogP contribution in [0.5, 0.6) is 0 Å². The van der Waals surface area contributed by atoms with E-state index < -0.39 is 45.9 Å². The SMILES string of the molecule is CO/N=C(\C(=O)NC1C(=O)N2C(C(=O)O)=C(CI)C[S+]([O-])[C@H]12)c1csc(NC(c2ccccc2)(c2ccccc2)c2ccccc2)n1. The monoisotopic (exact) mass is 781 g/mol. The van der Waals surface area contributed by atoms with Gasteiger partial charge in [0.05, 0.1) is 0 Å². The zero-order valence-corrected chi connectivity index (χ0v) is 28.6. The van der Waals surface area contributed by atoms with Crippen LogP contribution in [0, 0.1) is 0 Å². The lowest BCUT2D eigenvalue weighted by Gasteiger charge is -2.48. The first-order valence-electron chi connectivity index (χ1n) is 14.3. The molecule has 4 aromatic rings. The van der Waals surface area contributed by atoms with Crippen molar-refractivity contribution in [2.45, 2.75) is 17.0 Å². The van der Waals surface area contributed by atoms with Gasteiger partial charge in [0.25, 0.3) is 11.8 Å². The number of oxime groups is 1. The molecule has 0 bridgehead atoms. The molecule has 2 unspecified atom stereocenters. The van der Waals surface area contributed by atoms with Crippen molar-refractivity contribution in [3.8, 4) is 0 Å². The molecule has 0 aliphatic carbocycles. The summed E-state index contributed by atoms with van der Waals surface area (Å²) >= 11 is 1.62. The van der Waals surface area contributed by atoms with Crippen molar-refractivity contribution >= 4 is 73.7 Å². The van der Waals surface area contributed by atoms with Crippen molar-refractivity contribution < 1.29 is 28.9 Å². The Balaban J connectivity index is 1.31. The highest BCUT2D eigenvalue weighted by Gasteiger charge is 2.61. The second-order valence-electron chi connectivity index (χ2n) is 10.6. The zero-order chi connectivity index (χ0) is 33.1. The van der Waals surface area contributed by atoms with Crippen LogP contribution in [0.25, 0.3) is 0 Å². The summed E-state index contributed by atoms with van der Waals surface area (Å²) in [4.78, 5) is 49.4. The Hall–Kier alpha value is -4.25. The number of hydrogen-bond acceptors (Lipinski definition) is 9. The molecule has 0 spiro atoms. The molecule has 47 heavy (non-hydrogen) atoms. The number of aliphatic carboxylic acids is 1. The Kier molecular flexibility index (Phi) is 9.63. The number of carbonyl (C=O) groups is 3. The van der Waals surface area contributed by atoms with Gasteiger partial charge in [0.2, 0.25) is 5.37 Å². The molecule has 1 aromatic heterocycles. The van der Waals surface area contributed by atoms with Crippen molar-refractivity contribution in [2.75, 3.05) is 22.6 Å². The summed E-state index contributed by atoms with van der Waals surface area (Å²) in [6.45, 7) is 0. The Bertz CT molecular complexity index is 1760. The van der Waals surface area contributed by atoms with Gasteiger partial charge in [-0.25, -0.2) is 9.78 Å². The van der Waals surface area contributed by atoms with Crippen LogP contribution in [0.15, 0.2) is 113 Å². The van der Waals surface area contributed by atoms with Crippen LogP contribution in [0.4, 0.5) is 5.13 Å². The van der Waals surface area contributed by atoms with Crippen molar-refractivity contribution in [2.24, 2.45) is 5.16 Å². The summed E-state index contributed by atoms with van der Waals surface area (Å²) in [7, 11) is 1.28. The average Bonchev–Trinajstić information content (AvgIpc) is 3.56. The topological polar surface area (TPSA) is 156 Å². The molecule has 11 nitrogen and oxygen atoms in total. The highest BCUT2D eigenvalue weighted by Crippen LogP contribution is 2.41. The number of rotatable bonds is 11. The molecular formula is C33H28IN5O6S2. The number of alkyl halides is 1. The summed E-state index contributed by atoms with van der Waals surface area (Å²) in [5, 5.41) is 21.0. The summed E-state index contributed by atoms with van der Waals surface area (Å²) in [5.41, 5.74) is 2.25. The molecule has 3 N–H and O–H groups in total. The van der Waals surface area contributed by atoms with E-state index in [1.807, 2.05) is 114 Å². The van der Waals surface area contributed by atoms with Gasteiger partial charge in [0.1, 0.15) is 29.8 Å². The summed E-state index contributed by atoms with van der Waals surface area (Å²) < 4.78 is 13.4. The van der Waals surface area contributed by atoms with Crippen molar-refractivity contribution in [1.82, 2.24) is 15.2 Å². The highest BCUT2D eigenvalue weighted by molar-refractivity contribution is 14.1. The Morgan fingerprint density at radius 3 is 2.11 bits per heavy atom. The number of benzene rings is 3. The minimum absolute atomic E-state index is 0.00246. The second-order valence-corrected chi connectivity index (χ2v) is 13.8. The van der Waals surface area contributed by atoms with E-state index in [1.165, 1.54) is 18.4 Å². The average molecular weight is 782 g/mol. The maximum atomic E-state index is 13.6. The van der Waals surface area contributed by atoms with Gasteiger partial charge in [-0.2, -0.15) is 0 Å². The number of carboxylic acid groups (broad SMARTS) is 1. The quantitative estimate of drug-likeness (QED) is 0.0391. The number of amides is 2. The van der Waals surface area contributed by atoms with Crippen molar-refractivity contribution in [3.63, 3.8) is 0 Å². The minimum atomic E-state index is -1.62. The Morgan fingerprint density at radius 2 is 1.62 bits per heavy atom. The fraction of sp³-hybridized carbons (Fsp3) is 0.182. The molecule has 2 aliphatic rings. The van der Waals surface area contributed by atoms with E-state index in [9.17, 15) is 24.0 Å². The van der Waals surface area contributed by atoms with Crippen LogP contribution in [0.1, 0.15) is 22.4 Å². The van der Waals surface area contributed by atoms with Crippen LogP contribution in [-0.2, 0) is 35.9 Å². The summed E-state index contributed by atoms with van der Waals surface area (Å²) in [6, 6.07) is 28.7. The lowest BCUT2D eigenvalue weighted by molar-refractivity contribution is -0.150. The lowest BCUT2D eigenvalue weighted by atomic mass is 9.77. The predicted octanol–water partition coefficient (Wildman–Crippen LogP) is 4.09. The maximum Gasteiger partial charge on any atom is 0.352 e. The number of thiazole rings is 1. The molecule has 3 atom stereocenters. The van der Waals surface area contributed by atoms with E-state index in [1.54, 1.807) is 5.38 Å².